The topological polar surface area (TPSA) is 121 Å². The number of Topliss-reactive ketones (excluding diaryl/α,β-unsaturated/α-hetero) is 3. The predicted molar refractivity (Wildman–Crippen MR) is 179 cm³/mol. The second kappa shape index (κ2) is 12.6. The molecule has 3 fully saturated rings. The Balaban J connectivity index is 1.27. The Hall–Kier alpha value is -3.76. The Morgan fingerprint density at radius 3 is 2.54 bits per heavy atom. The van der Waals surface area contributed by atoms with Crippen molar-refractivity contribution in [3.05, 3.63) is 58.0 Å². The summed E-state index contributed by atoms with van der Waals surface area (Å²) in [6.45, 7) is 8.26. The highest BCUT2D eigenvalue weighted by Crippen LogP contribution is 2.62. The molecular formula is C38H46N4O6. The molecule has 7 rings (SSSR count). The first kappa shape index (κ1) is 32.8. The van der Waals surface area contributed by atoms with E-state index in [0.29, 0.717) is 44.6 Å². The highest BCUT2D eigenvalue weighted by Gasteiger charge is 2.66. The summed E-state index contributed by atoms with van der Waals surface area (Å²) in [5, 5.41) is 5.49. The van der Waals surface area contributed by atoms with Gasteiger partial charge in [0.2, 0.25) is 5.91 Å². The standard InChI is InChI=1S/C38H46N4O6/c1-23-14-27-8-6-5-7-12-38(20-47-22-48-21-38)33(45)11-13-37-17-30(31(44)16-29-24(2)9-10-25(3)39-29)42(32(37)18-37)34(46)19-41-36(27)28(15-23)35(40-41)26(4)43/h9-10,14-15,30,32H,5-8,11-13,16-22H2,1-4H3/t30-,32+,37-/m0/s1. The van der Waals surface area contributed by atoms with Crippen LogP contribution in [0, 0.1) is 31.6 Å². The Kier molecular flexibility index (Phi) is 8.60. The van der Waals surface area contributed by atoms with E-state index in [1.165, 1.54) is 6.92 Å². The molecule has 1 aliphatic carbocycles. The van der Waals surface area contributed by atoms with Gasteiger partial charge in [-0.05, 0) is 88.0 Å². The van der Waals surface area contributed by atoms with Crippen LogP contribution < -0.4 is 0 Å². The summed E-state index contributed by atoms with van der Waals surface area (Å²) in [6, 6.07) is 7.28. The summed E-state index contributed by atoms with van der Waals surface area (Å²) in [5.41, 5.74) is 4.83. The predicted octanol–water partition coefficient (Wildman–Crippen LogP) is 5.19. The molecule has 2 aromatic heterocycles. The number of carbonyl (C=O) groups excluding carboxylic acids is 4. The van der Waals surface area contributed by atoms with Gasteiger partial charge in [-0.3, -0.25) is 28.8 Å². The number of benzene rings is 1. The number of ether oxygens (including phenoxy) is 2. The maximum atomic E-state index is 14.5. The molecule has 0 unspecified atom stereocenters. The van der Waals surface area contributed by atoms with Gasteiger partial charge in [-0.25, -0.2) is 0 Å². The summed E-state index contributed by atoms with van der Waals surface area (Å²) in [7, 11) is 0. The van der Waals surface area contributed by atoms with E-state index >= 15 is 0 Å². The van der Waals surface area contributed by atoms with Crippen molar-refractivity contribution in [3.63, 3.8) is 0 Å². The third kappa shape index (κ3) is 5.91. The van der Waals surface area contributed by atoms with E-state index in [9.17, 15) is 19.2 Å². The van der Waals surface area contributed by atoms with E-state index in [2.05, 4.69) is 11.1 Å². The van der Waals surface area contributed by atoms with Gasteiger partial charge in [-0.2, -0.15) is 5.10 Å². The highest BCUT2D eigenvalue weighted by atomic mass is 16.7. The van der Waals surface area contributed by atoms with Crippen LogP contribution in [0.3, 0.4) is 0 Å². The van der Waals surface area contributed by atoms with Crippen LogP contribution in [0.4, 0.5) is 0 Å². The van der Waals surface area contributed by atoms with Crippen molar-refractivity contribution < 1.29 is 28.7 Å². The quantitative estimate of drug-likeness (QED) is 0.353. The lowest BCUT2D eigenvalue weighted by Gasteiger charge is -2.36. The van der Waals surface area contributed by atoms with Crippen molar-refractivity contribution in [2.24, 2.45) is 10.8 Å². The van der Waals surface area contributed by atoms with Gasteiger partial charge in [0.05, 0.1) is 42.3 Å². The zero-order chi connectivity index (χ0) is 33.8. The molecule has 48 heavy (non-hydrogen) atoms. The number of amides is 1. The van der Waals surface area contributed by atoms with Crippen molar-refractivity contribution in [3.8, 4) is 0 Å². The van der Waals surface area contributed by atoms with Gasteiger partial charge in [-0.1, -0.05) is 30.5 Å². The van der Waals surface area contributed by atoms with Gasteiger partial charge in [0, 0.05) is 30.5 Å². The smallest absolute Gasteiger partial charge is 0.245 e. The van der Waals surface area contributed by atoms with Crippen molar-refractivity contribution in [1.29, 1.82) is 0 Å². The van der Waals surface area contributed by atoms with E-state index in [1.54, 1.807) is 9.58 Å². The number of ketones is 3. The monoisotopic (exact) mass is 654 g/mol. The molecule has 10 nitrogen and oxygen atoms in total. The van der Waals surface area contributed by atoms with Crippen LogP contribution in [0.15, 0.2) is 24.3 Å². The Labute approximate surface area is 281 Å². The number of carbonyl (C=O) groups is 4. The average Bonchev–Trinajstić information content (AvgIpc) is 3.47. The minimum Gasteiger partial charge on any atom is -0.354 e. The van der Waals surface area contributed by atoms with E-state index in [4.69, 9.17) is 14.6 Å². The minimum absolute atomic E-state index is 0.0338. The van der Waals surface area contributed by atoms with Gasteiger partial charge < -0.3 is 14.4 Å². The Bertz CT molecular complexity index is 1810. The molecule has 3 atom stereocenters. The molecule has 254 valence electrons. The molecule has 1 saturated carbocycles. The molecule has 0 N–H and O–H groups in total. The number of aromatic nitrogens is 3. The third-order valence-electron chi connectivity index (χ3n) is 11.4. The van der Waals surface area contributed by atoms with Crippen molar-refractivity contribution in [2.75, 3.05) is 20.0 Å². The molecule has 5 heterocycles. The van der Waals surface area contributed by atoms with Crippen molar-refractivity contribution in [2.45, 2.75) is 111 Å². The second-order valence-electron chi connectivity index (χ2n) is 14.9. The summed E-state index contributed by atoms with van der Waals surface area (Å²) in [5.74, 6) is -0.198. The molecule has 0 radical (unpaired) electrons. The summed E-state index contributed by atoms with van der Waals surface area (Å²) < 4.78 is 13.1. The minimum atomic E-state index is -0.670. The molecule has 1 aromatic carbocycles. The van der Waals surface area contributed by atoms with Crippen molar-refractivity contribution in [1.82, 2.24) is 19.7 Å². The Morgan fingerprint density at radius 1 is 0.979 bits per heavy atom. The van der Waals surface area contributed by atoms with Crippen LogP contribution in [0.1, 0.15) is 96.9 Å². The SMILES string of the molecule is CC(=O)c1nn2c3c(cc(C)cc13)CCCCCC1(COCOC1)C(=O)CC[C@@]13C[C@@H](C(=O)Cc4nc(C)ccc4C)N(C(=O)C2)[C@@H]1C3. The molecule has 3 aromatic rings. The van der Waals surface area contributed by atoms with Gasteiger partial charge in [0.1, 0.15) is 24.8 Å². The number of pyridine rings is 1. The molecule has 1 spiro atoms. The molecule has 1 amide bonds. The van der Waals surface area contributed by atoms with Crippen LogP contribution in [0.25, 0.3) is 10.9 Å². The zero-order valence-corrected chi connectivity index (χ0v) is 28.6. The first-order chi connectivity index (χ1) is 23.0. The summed E-state index contributed by atoms with van der Waals surface area (Å²) in [6.07, 6.45) is 6.57. The summed E-state index contributed by atoms with van der Waals surface area (Å²) in [4.78, 5) is 61.8. The lowest BCUT2D eigenvalue weighted by Crippen LogP contribution is -2.45. The molecule has 3 aliphatic heterocycles. The maximum absolute atomic E-state index is 14.5. The molecule has 10 heteroatoms. The van der Waals surface area contributed by atoms with Gasteiger partial charge in [-0.15, -0.1) is 0 Å². The average molecular weight is 655 g/mol. The van der Waals surface area contributed by atoms with E-state index < -0.39 is 11.5 Å². The van der Waals surface area contributed by atoms with E-state index in [-0.39, 0.29) is 54.5 Å². The van der Waals surface area contributed by atoms with Crippen LogP contribution in [-0.2, 0) is 43.2 Å². The molecular weight excluding hydrogens is 608 g/mol. The number of hydrogen-bond acceptors (Lipinski definition) is 8. The van der Waals surface area contributed by atoms with E-state index in [1.807, 2.05) is 39.0 Å². The fourth-order valence-corrected chi connectivity index (χ4v) is 8.71. The number of aryl methyl sites for hydroxylation is 4. The number of rotatable bonds is 4. The number of piperidine rings is 1. The fourth-order valence-electron chi connectivity index (χ4n) is 8.71. The highest BCUT2D eigenvalue weighted by molar-refractivity contribution is 6.06. The lowest BCUT2D eigenvalue weighted by atomic mass is 9.76. The number of hydrogen-bond donors (Lipinski definition) is 0. The zero-order valence-electron chi connectivity index (χ0n) is 28.6. The molecule has 2 bridgehead atoms. The van der Waals surface area contributed by atoms with Gasteiger partial charge in [0.15, 0.2) is 11.6 Å². The van der Waals surface area contributed by atoms with Gasteiger partial charge in [0.25, 0.3) is 0 Å². The lowest BCUT2D eigenvalue weighted by molar-refractivity contribution is -0.178. The Morgan fingerprint density at radius 2 is 1.77 bits per heavy atom. The first-order valence-corrected chi connectivity index (χ1v) is 17.5. The third-order valence-corrected chi connectivity index (χ3v) is 11.4. The van der Waals surface area contributed by atoms with Crippen LogP contribution in [0.2, 0.25) is 0 Å². The largest absolute Gasteiger partial charge is 0.354 e. The van der Waals surface area contributed by atoms with Crippen LogP contribution in [0.5, 0.6) is 0 Å². The fraction of sp³-hybridized carbons (Fsp3) is 0.579. The molecule has 2 saturated heterocycles. The van der Waals surface area contributed by atoms with Gasteiger partial charge >= 0.3 is 0 Å². The van der Waals surface area contributed by atoms with Crippen LogP contribution >= 0.6 is 0 Å². The van der Waals surface area contributed by atoms with Crippen LogP contribution in [-0.4, -0.2) is 75.0 Å². The maximum Gasteiger partial charge on any atom is 0.245 e. The number of nitrogens with zero attached hydrogens (tertiary/aromatic N) is 4. The normalized spacial score (nSPS) is 26.0. The first-order valence-electron chi connectivity index (χ1n) is 17.5. The van der Waals surface area contributed by atoms with E-state index in [0.717, 1.165) is 71.1 Å². The molecule has 4 aliphatic rings. The second-order valence-corrected chi connectivity index (χ2v) is 14.9. The van der Waals surface area contributed by atoms with Crippen molar-refractivity contribution >= 4 is 34.2 Å². The summed E-state index contributed by atoms with van der Waals surface area (Å²) >= 11 is 0.